The molecule has 0 aromatic heterocycles. The van der Waals surface area contributed by atoms with Gasteiger partial charge in [0, 0.05) is 0 Å². The zero-order chi connectivity index (χ0) is 4.28. The molecular formula is C3H5O2-. The Hall–Kier alpha value is -0.370. The van der Waals surface area contributed by atoms with Crippen molar-refractivity contribution in [3.05, 3.63) is 0 Å². The first-order valence-corrected chi connectivity index (χ1v) is 1.35. The fourth-order valence-corrected chi connectivity index (χ4v) is 0. The summed E-state index contributed by atoms with van der Waals surface area (Å²) >= 11 is 0. The third kappa shape index (κ3) is 3.63. The third-order valence-electron chi connectivity index (χ3n) is 0.203. The summed E-state index contributed by atoms with van der Waals surface area (Å²) in [6.07, 6.45) is 0. The molecule has 0 rings (SSSR count). The Morgan fingerprint density at radius 2 is 2.20 bits per heavy atom. The Bertz CT molecular complexity index is 40.2. The minimum absolute atomic E-state index is 0.301. The fraction of sp³-hybridized carbons (Fsp3) is 0.667. The predicted octanol–water partition coefficient (Wildman–Crippen LogP) is -1.06. The van der Waals surface area contributed by atoms with Gasteiger partial charge in [-0.25, -0.2) is 0 Å². The van der Waals surface area contributed by atoms with Gasteiger partial charge in [-0.1, -0.05) is 6.61 Å². The number of hydrogen-bond acceptors (Lipinski definition) is 2. The molecule has 0 aromatic carbocycles. The molecule has 0 aliphatic heterocycles. The van der Waals surface area contributed by atoms with Crippen molar-refractivity contribution in [3.8, 4) is 0 Å². The van der Waals surface area contributed by atoms with Gasteiger partial charge in [-0.2, -0.15) is 0 Å². The minimum Gasteiger partial charge on any atom is -0.849 e. The Balaban J connectivity index is 2.85. The quantitative estimate of drug-likeness (QED) is 0.396. The molecule has 0 spiro atoms. The Labute approximate surface area is 30.4 Å². The van der Waals surface area contributed by atoms with Crippen LogP contribution in [0.1, 0.15) is 6.92 Å². The highest BCUT2D eigenvalue weighted by Crippen LogP contribution is 1.51. The number of carbonyl (C=O) groups is 1. The SMILES string of the molecule is CC(=O)C[O-]. The van der Waals surface area contributed by atoms with Crippen LogP contribution in [0.3, 0.4) is 0 Å². The van der Waals surface area contributed by atoms with Crippen molar-refractivity contribution in [1.82, 2.24) is 0 Å². The summed E-state index contributed by atoms with van der Waals surface area (Å²) in [4.78, 5) is 9.50. The van der Waals surface area contributed by atoms with Gasteiger partial charge in [-0.15, -0.1) is 0 Å². The van der Waals surface area contributed by atoms with Gasteiger partial charge in [0.1, 0.15) is 5.78 Å². The van der Waals surface area contributed by atoms with Crippen LogP contribution in [0.5, 0.6) is 0 Å². The van der Waals surface area contributed by atoms with Crippen molar-refractivity contribution in [2.24, 2.45) is 0 Å². The van der Waals surface area contributed by atoms with Crippen LogP contribution in [0, 0.1) is 0 Å². The van der Waals surface area contributed by atoms with Gasteiger partial charge >= 0.3 is 0 Å². The predicted molar refractivity (Wildman–Crippen MR) is 15.5 cm³/mol. The highest BCUT2D eigenvalue weighted by molar-refractivity contribution is 5.76. The Kier molecular flexibility index (Phi) is 1.76. The van der Waals surface area contributed by atoms with Crippen molar-refractivity contribution >= 4 is 5.78 Å². The molecule has 0 saturated carbocycles. The second kappa shape index (κ2) is 1.91. The molecular weight excluding hydrogens is 68.0 g/mol. The van der Waals surface area contributed by atoms with E-state index in [-0.39, 0.29) is 5.78 Å². The van der Waals surface area contributed by atoms with Crippen molar-refractivity contribution in [3.63, 3.8) is 0 Å². The van der Waals surface area contributed by atoms with Gasteiger partial charge < -0.3 is 9.90 Å². The number of hydrogen-bond donors (Lipinski definition) is 0. The van der Waals surface area contributed by atoms with Crippen molar-refractivity contribution < 1.29 is 9.90 Å². The normalized spacial score (nSPS) is 7.60. The zero-order valence-electron chi connectivity index (χ0n) is 3.02. The summed E-state index contributed by atoms with van der Waals surface area (Å²) in [6, 6.07) is 0. The van der Waals surface area contributed by atoms with E-state index in [0.29, 0.717) is 0 Å². The maximum atomic E-state index is 9.50. The van der Waals surface area contributed by atoms with E-state index in [1.165, 1.54) is 6.92 Å². The molecule has 5 heavy (non-hydrogen) atoms. The van der Waals surface area contributed by atoms with E-state index in [4.69, 9.17) is 0 Å². The fourth-order valence-electron chi connectivity index (χ4n) is 0. The molecule has 30 valence electrons. The monoisotopic (exact) mass is 73.0 g/mol. The Morgan fingerprint density at radius 3 is 2.20 bits per heavy atom. The second-order valence-corrected chi connectivity index (χ2v) is 0.846. The Morgan fingerprint density at radius 1 is 2.00 bits per heavy atom. The first kappa shape index (κ1) is 4.63. The van der Waals surface area contributed by atoms with E-state index >= 15 is 0 Å². The molecule has 0 radical (unpaired) electrons. The number of ketones is 1. The number of carbonyl (C=O) groups excluding carboxylic acids is 1. The number of Topliss-reactive ketones (excluding diaryl/α,β-unsaturated/α-hetero) is 1. The molecule has 0 aromatic rings. The lowest BCUT2D eigenvalue weighted by molar-refractivity contribution is -0.354. The van der Waals surface area contributed by atoms with Crippen LogP contribution in [0.15, 0.2) is 0 Å². The lowest BCUT2D eigenvalue weighted by atomic mass is 10.5. The van der Waals surface area contributed by atoms with E-state index in [1.807, 2.05) is 0 Å². The van der Waals surface area contributed by atoms with Gasteiger partial charge in [0.05, 0.1) is 0 Å². The van der Waals surface area contributed by atoms with Crippen LogP contribution in [-0.2, 0) is 4.79 Å². The molecule has 0 amide bonds. The molecule has 0 unspecified atom stereocenters. The van der Waals surface area contributed by atoms with Crippen LogP contribution in [0.25, 0.3) is 0 Å². The number of rotatable bonds is 1. The summed E-state index contributed by atoms with van der Waals surface area (Å²) in [5.74, 6) is -0.301. The topological polar surface area (TPSA) is 40.1 Å². The van der Waals surface area contributed by atoms with E-state index in [0.717, 1.165) is 0 Å². The van der Waals surface area contributed by atoms with E-state index in [1.54, 1.807) is 0 Å². The van der Waals surface area contributed by atoms with Gasteiger partial charge in [0.2, 0.25) is 0 Å². The average molecular weight is 73.1 g/mol. The summed E-state index contributed by atoms with van der Waals surface area (Å²) in [6.45, 7) is 0.687. The highest BCUT2D eigenvalue weighted by atomic mass is 16.3. The van der Waals surface area contributed by atoms with E-state index in [2.05, 4.69) is 0 Å². The zero-order valence-corrected chi connectivity index (χ0v) is 3.02. The van der Waals surface area contributed by atoms with E-state index < -0.39 is 6.61 Å². The van der Waals surface area contributed by atoms with Gasteiger partial charge in [0.25, 0.3) is 0 Å². The highest BCUT2D eigenvalue weighted by Gasteiger charge is 1.69. The maximum Gasteiger partial charge on any atom is 0.113 e. The first-order chi connectivity index (χ1) is 2.27. The molecule has 0 saturated heterocycles. The molecule has 2 nitrogen and oxygen atoms in total. The lowest BCUT2D eigenvalue weighted by Gasteiger charge is -1.89. The van der Waals surface area contributed by atoms with Crippen LogP contribution < -0.4 is 5.11 Å². The van der Waals surface area contributed by atoms with E-state index in [9.17, 15) is 9.90 Å². The lowest BCUT2D eigenvalue weighted by Crippen LogP contribution is -2.13. The molecule has 0 bridgehead atoms. The minimum atomic E-state index is -0.583. The standard InChI is InChI=1S/C3H5O2/c1-3(5)2-4/h2H2,1H3/q-1. The first-order valence-electron chi connectivity index (χ1n) is 1.35. The molecule has 2 heteroatoms. The van der Waals surface area contributed by atoms with Crippen LogP contribution >= 0.6 is 0 Å². The maximum absolute atomic E-state index is 9.50. The average Bonchev–Trinajstić information content (AvgIpc) is 1.38. The molecule has 0 fully saturated rings. The third-order valence-corrected chi connectivity index (χ3v) is 0.203. The van der Waals surface area contributed by atoms with Crippen LogP contribution in [0.4, 0.5) is 0 Å². The van der Waals surface area contributed by atoms with Crippen molar-refractivity contribution in [2.45, 2.75) is 6.92 Å². The molecule has 0 N–H and O–H groups in total. The van der Waals surface area contributed by atoms with Crippen molar-refractivity contribution in [1.29, 1.82) is 0 Å². The molecule has 0 aliphatic rings. The summed E-state index contributed by atoms with van der Waals surface area (Å²) in [5, 5.41) is 9.28. The smallest absolute Gasteiger partial charge is 0.113 e. The summed E-state index contributed by atoms with van der Waals surface area (Å²) < 4.78 is 0. The summed E-state index contributed by atoms with van der Waals surface area (Å²) in [5.41, 5.74) is 0. The largest absolute Gasteiger partial charge is 0.849 e. The second-order valence-electron chi connectivity index (χ2n) is 0.846. The molecule has 0 heterocycles. The summed E-state index contributed by atoms with van der Waals surface area (Å²) in [7, 11) is 0. The molecule has 0 atom stereocenters. The molecule has 0 aliphatic carbocycles. The van der Waals surface area contributed by atoms with Gasteiger partial charge in [-0.3, -0.25) is 0 Å². The van der Waals surface area contributed by atoms with Gasteiger partial charge in [0.15, 0.2) is 0 Å². The van der Waals surface area contributed by atoms with Crippen molar-refractivity contribution in [2.75, 3.05) is 6.61 Å². The van der Waals surface area contributed by atoms with Crippen LogP contribution in [-0.4, -0.2) is 12.4 Å². The van der Waals surface area contributed by atoms with Gasteiger partial charge in [-0.05, 0) is 6.92 Å². The van der Waals surface area contributed by atoms with Crippen LogP contribution in [0.2, 0.25) is 0 Å².